The Morgan fingerprint density at radius 2 is 1.60 bits per heavy atom. The number of amides is 2. The van der Waals surface area contributed by atoms with Crippen molar-refractivity contribution in [3.05, 3.63) is 49.4 Å². The van der Waals surface area contributed by atoms with Gasteiger partial charge in [0, 0.05) is 25.3 Å². The van der Waals surface area contributed by atoms with Gasteiger partial charge >= 0.3 is 0 Å². The van der Waals surface area contributed by atoms with Gasteiger partial charge in [-0.05, 0) is 43.4 Å². The second-order valence-electron chi connectivity index (χ2n) is 7.43. The van der Waals surface area contributed by atoms with Crippen molar-refractivity contribution in [1.82, 2.24) is 9.80 Å². The molecule has 3 rings (SSSR count). The van der Waals surface area contributed by atoms with Crippen molar-refractivity contribution >= 4 is 98.5 Å². The van der Waals surface area contributed by atoms with Gasteiger partial charge < -0.3 is 20.3 Å². The van der Waals surface area contributed by atoms with E-state index in [4.69, 9.17) is 75.0 Å². The van der Waals surface area contributed by atoms with E-state index in [1.807, 2.05) is 6.92 Å². The molecule has 1 unspecified atom stereocenters. The van der Waals surface area contributed by atoms with E-state index in [1.54, 1.807) is 36.3 Å². The van der Waals surface area contributed by atoms with Crippen molar-refractivity contribution in [1.29, 1.82) is 0 Å². The Hall–Kier alpha value is -1.68. The molecule has 1 saturated heterocycles. The van der Waals surface area contributed by atoms with Crippen LogP contribution in [0.25, 0.3) is 0 Å². The number of ether oxygens (including phenoxy) is 1. The van der Waals surface area contributed by atoms with Crippen LogP contribution < -0.4 is 15.4 Å². The van der Waals surface area contributed by atoms with Crippen LogP contribution in [0.15, 0.2) is 24.3 Å². The molecular weight excluding hydrogens is 578 g/mol. The summed E-state index contributed by atoms with van der Waals surface area (Å²) in [5.41, 5.74) is 0.899. The van der Waals surface area contributed by atoms with Crippen LogP contribution in [-0.2, 0) is 9.59 Å². The van der Waals surface area contributed by atoms with E-state index < -0.39 is 6.04 Å². The first kappa shape index (κ1) is 27.9. The SMILES string of the molecule is CCN1C(=O)C(CC(=O)Nc2ccc(OC)cc2)N(CCNc2c(Cl)c(Cl)c(Cl)c(Cl)c2Cl)C1=S. The molecule has 1 fully saturated rings. The van der Waals surface area contributed by atoms with Crippen LogP contribution in [-0.4, -0.2) is 59.5 Å². The molecular formula is C22H21Cl5N4O3S. The first-order chi connectivity index (χ1) is 16.6. The lowest BCUT2D eigenvalue weighted by molar-refractivity contribution is -0.130. The molecule has 35 heavy (non-hydrogen) atoms. The highest BCUT2D eigenvalue weighted by Crippen LogP contribution is 2.46. The lowest BCUT2D eigenvalue weighted by atomic mass is 10.1. The van der Waals surface area contributed by atoms with Crippen LogP contribution >= 0.6 is 70.2 Å². The number of hydrogen-bond donors (Lipinski definition) is 2. The molecule has 2 amide bonds. The molecule has 0 bridgehead atoms. The van der Waals surface area contributed by atoms with Crippen molar-refractivity contribution in [2.75, 3.05) is 37.4 Å². The van der Waals surface area contributed by atoms with E-state index in [9.17, 15) is 9.59 Å². The molecule has 1 aliphatic rings. The second kappa shape index (κ2) is 12.0. The number of likely N-dealkylation sites (N-methyl/N-ethyl adjacent to an activating group) is 1. The summed E-state index contributed by atoms with van der Waals surface area (Å²) < 4.78 is 5.12. The van der Waals surface area contributed by atoms with Gasteiger partial charge in [-0.1, -0.05) is 58.0 Å². The van der Waals surface area contributed by atoms with E-state index in [1.165, 1.54) is 4.90 Å². The monoisotopic (exact) mass is 596 g/mol. The van der Waals surface area contributed by atoms with E-state index >= 15 is 0 Å². The molecule has 0 spiro atoms. The first-order valence-corrected chi connectivity index (χ1v) is 12.7. The van der Waals surface area contributed by atoms with Crippen LogP contribution in [0, 0.1) is 0 Å². The van der Waals surface area contributed by atoms with Gasteiger partial charge in [0.25, 0.3) is 5.91 Å². The Morgan fingerprint density at radius 3 is 2.14 bits per heavy atom. The maximum Gasteiger partial charge on any atom is 0.252 e. The summed E-state index contributed by atoms with van der Waals surface area (Å²) in [6.07, 6.45) is -0.0817. The van der Waals surface area contributed by atoms with E-state index in [2.05, 4.69) is 10.6 Å². The number of methoxy groups -OCH3 is 1. The minimum absolute atomic E-state index is 0.0572. The molecule has 0 aromatic heterocycles. The normalized spacial score (nSPS) is 15.6. The van der Waals surface area contributed by atoms with Gasteiger partial charge in [0.05, 0.1) is 44.3 Å². The lowest BCUT2D eigenvalue weighted by Gasteiger charge is -2.24. The molecule has 0 saturated carbocycles. The van der Waals surface area contributed by atoms with Crippen molar-refractivity contribution < 1.29 is 14.3 Å². The average Bonchev–Trinajstić information content (AvgIpc) is 3.07. The minimum atomic E-state index is -0.758. The fraction of sp³-hybridized carbons (Fsp3) is 0.318. The van der Waals surface area contributed by atoms with E-state index in [-0.39, 0.29) is 56.4 Å². The van der Waals surface area contributed by atoms with Crippen molar-refractivity contribution in [3.63, 3.8) is 0 Å². The molecule has 0 radical (unpaired) electrons. The number of halogens is 5. The van der Waals surface area contributed by atoms with Crippen molar-refractivity contribution in [3.8, 4) is 5.75 Å². The number of anilines is 2. The highest BCUT2D eigenvalue weighted by molar-refractivity contribution is 7.80. The summed E-state index contributed by atoms with van der Waals surface area (Å²) in [5.74, 6) is 0.102. The summed E-state index contributed by atoms with van der Waals surface area (Å²) in [6, 6.07) is 6.13. The van der Waals surface area contributed by atoms with Crippen molar-refractivity contribution in [2.45, 2.75) is 19.4 Å². The zero-order valence-corrected chi connectivity index (χ0v) is 23.2. The fourth-order valence-electron chi connectivity index (χ4n) is 3.56. The zero-order valence-electron chi connectivity index (χ0n) is 18.6. The number of nitrogens with zero attached hydrogens (tertiary/aromatic N) is 2. The molecule has 1 heterocycles. The molecule has 2 N–H and O–H groups in total. The third-order valence-electron chi connectivity index (χ3n) is 5.34. The van der Waals surface area contributed by atoms with Gasteiger partial charge in [-0.15, -0.1) is 0 Å². The quantitative estimate of drug-likeness (QED) is 0.203. The number of benzene rings is 2. The number of rotatable bonds is 9. The minimum Gasteiger partial charge on any atom is -0.497 e. The Kier molecular flexibility index (Phi) is 9.60. The number of carbonyl (C=O) groups excluding carboxylic acids is 2. The largest absolute Gasteiger partial charge is 0.497 e. The topological polar surface area (TPSA) is 73.9 Å². The van der Waals surface area contributed by atoms with Crippen LogP contribution in [0.4, 0.5) is 11.4 Å². The number of hydrogen-bond acceptors (Lipinski definition) is 5. The summed E-state index contributed by atoms with van der Waals surface area (Å²) in [5, 5.41) is 6.65. The molecule has 1 atom stereocenters. The van der Waals surface area contributed by atoms with E-state index in [0.29, 0.717) is 28.8 Å². The maximum absolute atomic E-state index is 13.0. The number of nitrogens with one attached hydrogen (secondary N) is 2. The maximum atomic E-state index is 13.0. The standard InChI is InChI=1S/C22H21Cl5N4O3S/c1-3-30-21(33)13(10-14(32)29-11-4-6-12(34-2)7-5-11)31(22(30)35)9-8-28-20-18(26)16(24)15(23)17(25)19(20)27/h4-7,13,28H,3,8-10H2,1-2H3,(H,29,32). The number of thiocarbonyl (C=S) groups is 1. The Labute approximate surface area is 233 Å². The third-order valence-corrected chi connectivity index (χ3v) is 8.07. The fourth-order valence-corrected chi connectivity index (χ4v) is 5.27. The summed E-state index contributed by atoms with van der Waals surface area (Å²) in [4.78, 5) is 28.9. The van der Waals surface area contributed by atoms with Crippen LogP contribution in [0.5, 0.6) is 5.75 Å². The smallest absolute Gasteiger partial charge is 0.252 e. The van der Waals surface area contributed by atoms with Gasteiger partial charge in [-0.25, -0.2) is 0 Å². The molecule has 13 heteroatoms. The predicted molar refractivity (Wildman–Crippen MR) is 147 cm³/mol. The molecule has 1 aliphatic heterocycles. The average molecular weight is 599 g/mol. The molecule has 2 aromatic carbocycles. The highest BCUT2D eigenvalue weighted by atomic mass is 35.5. The molecule has 7 nitrogen and oxygen atoms in total. The molecule has 2 aromatic rings. The van der Waals surface area contributed by atoms with Crippen LogP contribution in [0.1, 0.15) is 13.3 Å². The van der Waals surface area contributed by atoms with Gasteiger partial charge in [0.15, 0.2) is 5.11 Å². The summed E-state index contributed by atoms with van der Waals surface area (Å²) >= 11 is 36.4. The Bertz CT molecular complexity index is 1120. The van der Waals surface area contributed by atoms with E-state index in [0.717, 1.165) is 0 Å². The lowest BCUT2D eigenvalue weighted by Crippen LogP contribution is -2.40. The zero-order chi connectivity index (χ0) is 25.9. The summed E-state index contributed by atoms with van der Waals surface area (Å²) in [6.45, 7) is 2.76. The van der Waals surface area contributed by atoms with Crippen LogP contribution in [0.2, 0.25) is 25.1 Å². The second-order valence-corrected chi connectivity index (χ2v) is 9.68. The molecule has 188 valence electrons. The van der Waals surface area contributed by atoms with Crippen LogP contribution in [0.3, 0.4) is 0 Å². The van der Waals surface area contributed by atoms with Crippen molar-refractivity contribution in [2.24, 2.45) is 0 Å². The Morgan fingerprint density at radius 1 is 1.03 bits per heavy atom. The highest BCUT2D eigenvalue weighted by Gasteiger charge is 2.42. The molecule has 0 aliphatic carbocycles. The first-order valence-electron chi connectivity index (χ1n) is 10.4. The van der Waals surface area contributed by atoms with Gasteiger partial charge in [0.1, 0.15) is 11.8 Å². The third kappa shape index (κ3) is 6.01. The summed E-state index contributed by atoms with van der Waals surface area (Å²) in [7, 11) is 1.56. The van der Waals surface area contributed by atoms with Gasteiger partial charge in [0.2, 0.25) is 5.91 Å². The Balaban J connectivity index is 1.71. The van der Waals surface area contributed by atoms with Gasteiger partial charge in [-0.2, -0.15) is 0 Å². The number of carbonyl (C=O) groups is 2. The predicted octanol–water partition coefficient (Wildman–Crippen LogP) is 6.22. The van der Waals surface area contributed by atoms with Gasteiger partial charge in [-0.3, -0.25) is 14.5 Å².